The first kappa shape index (κ1) is 26.2. The molecule has 0 saturated heterocycles. The van der Waals surface area contributed by atoms with Crippen molar-refractivity contribution in [3.05, 3.63) is 95.1 Å². The number of halogens is 1. The number of aromatic nitrogens is 2. The van der Waals surface area contributed by atoms with Crippen LogP contribution in [0.1, 0.15) is 30.9 Å². The first-order valence-corrected chi connectivity index (χ1v) is 14.8. The van der Waals surface area contributed by atoms with Crippen LogP contribution in [-0.2, 0) is 21.4 Å². The Hall–Kier alpha value is -3.40. The Morgan fingerprint density at radius 3 is 2.50 bits per heavy atom. The van der Waals surface area contributed by atoms with Crippen molar-refractivity contribution in [2.45, 2.75) is 36.4 Å². The lowest BCUT2D eigenvalue weighted by Crippen LogP contribution is -2.34. The number of anilines is 2. The van der Waals surface area contributed by atoms with Crippen molar-refractivity contribution >= 4 is 50.7 Å². The van der Waals surface area contributed by atoms with Gasteiger partial charge < -0.3 is 5.32 Å². The largest absolute Gasteiger partial charge is 0.325 e. The summed E-state index contributed by atoms with van der Waals surface area (Å²) < 4.78 is 28.7. The molecule has 0 bridgehead atoms. The molecule has 194 valence electrons. The zero-order valence-electron chi connectivity index (χ0n) is 20.8. The molecule has 1 aromatic heterocycles. The van der Waals surface area contributed by atoms with Crippen molar-refractivity contribution in [3.63, 3.8) is 0 Å². The van der Waals surface area contributed by atoms with E-state index in [2.05, 4.69) is 29.1 Å². The third-order valence-corrected chi connectivity index (χ3v) is 9.00. The lowest BCUT2D eigenvalue weighted by molar-refractivity contribution is -0.113. The van der Waals surface area contributed by atoms with Crippen LogP contribution in [0.15, 0.2) is 89.0 Å². The second-order valence-electron chi connectivity index (χ2n) is 9.14. The molecule has 0 saturated carbocycles. The summed E-state index contributed by atoms with van der Waals surface area (Å²) in [4.78, 5) is 21.4. The highest BCUT2D eigenvalue weighted by Gasteiger charge is 2.37. The van der Waals surface area contributed by atoms with Crippen molar-refractivity contribution in [2.24, 2.45) is 0 Å². The van der Waals surface area contributed by atoms with Crippen LogP contribution in [0.2, 0.25) is 5.02 Å². The van der Waals surface area contributed by atoms with E-state index in [1.54, 1.807) is 18.2 Å². The molecular formula is C28H25ClN4O3S2. The lowest BCUT2D eigenvalue weighted by Gasteiger charge is -2.31. The smallest absolute Gasteiger partial charge is 0.268 e. The van der Waals surface area contributed by atoms with Gasteiger partial charge in [-0.3, -0.25) is 9.10 Å². The zero-order valence-corrected chi connectivity index (χ0v) is 23.1. The molecule has 3 aromatic carbocycles. The van der Waals surface area contributed by atoms with Crippen LogP contribution in [0.4, 0.5) is 11.4 Å². The van der Waals surface area contributed by atoms with Crippen LogP contribution in [0, 0.1) is 0 Å². The molecule has 2 heterocycles. The fourth-order valence-electron chi connectivity index (χ4n) is 4.16. The number of hydrogen-bond acceptors (Lipinski definition) is 6. The Labute approximate surface area is 231 Å². The van der Waals surface area contributed by atoms with Crippen LogP contribution in [0.3, 0.4) is 0 Å². The minimum absolute atomic E-state index is 0.0160. The summed E-state index contributed by atoms with van der Waals surface area (Å²) in [6.07, 6.45) is 1.32. The van der Waals surface area contributed by atoms with Crippen molar-refractivity contribution in [3.8, 4) is 11.3 Å². The highest BCUT2D eigenvalue weighted by Crippen LogP contribution is 2.44. The van der Waals surface area contributed by atoms with Crippen LogP contribution >= 0.6 is 23.4 Å². The predicted molar refractivity (Wildman–Crippen MR) is 152 cm³/mol. The number of carbonyl (C=O) groups is 1. The number of nitrogens with one attached hydrogen (secondary N) is 1. The van der Waals surface area contributed by atoms with Crippen molar-refractivity contribution < 1.29 is 13.2 Å². The van der Waals surface area contributed by atoms with Crippen LogP contribution in [0.5, 0.6) is 0 Å². The Morgan fingerprint density at radius 1 is 1.05 bits per heavy atom. The molecule has 0 radical (unpaired) electrons. The highest BCUT2D eigenvalue weighted by atomic mass is 35.5. The van der Waals surface area contributed by atoms with Gasteiger partial charge in [-0.1, -0.05) is 79.7 Å². The third-order valence-electron chi connectivity index (χ3n) is 6.15. The van der Waals surface area contributed by atoms with Gasteiger partial charge in [0.1, 0.15) is 4.90 Å². The number of nitrogens with zero attached hydrogens (tertiary/aromatic N) is 3. The summed E-state index contributed by atoms with van der Waals surface area (Å²) in [5.41, 5.74) is 4.12. The first-order chi connectivity index (χ1) is 18.2. The Kier molecular flexibility index (Phi) is 7.43. The topological polar surface area (TPSA) is 92.3 Å². The van der Waals surface area contributed by atoms with Crippen molar-refractivity contribution in [1.82, 2.24) is 9.97 Å². The SMILES string of the molecule is CC(C)c1ccc(NC(=O)CSc2ncc3c(n2)-c2ccc(Cl)cc2N(Cc2ccccc2)S3(=O)=O)cc1. The van der Waals surface area contributed by atoms with Gasteiger partial charge in [0.2, 0.25) is 5.91 Å². The van der Waals surface area contributed by atoms with E-state index in [-0.39, 0.29) is 23.1 Å². The average Bonchev–Trinajstić information content (AvgIpc) is 2.90. The molecule has 1 aliphatic heterocycles. The average molecular weight is 565 g/mol. The maximum atomic E-state index is 13.7. The number of hydrogen-bond donors (Lipinski definition) is 1. The minimum atomic E-state index is -3.95. The van der Waals surface area contributed by atoms with E-state index in [1.807, 2.05) is 54.6 Å². The summed E-state index contributed by atoms with van der Waals surface area (Å²) in [6.45, 7) is 4.37. The standard InChI is InChI=1S/C28H25ClN4O3S2/c1-18(2)20-8-11-22(12-9-20)31-26(34)17-37-28-30-15-25-27(32-28)23-13-10-21(29)14-24(23)33(38(25,35)36)16-19-6-4-3-5-7-19/h3-15,18H,16-17H2,1-2H3,(H,31,34). The number of amides is 1. The molecule has 1 aliphatic rings. The Balaban J connectivity index is 1.38. The summed E-state index contributed by atoms with van der Waals surface area (Å²) >= 11 is 7.41. The maximum Gasteiger partial charge on any atom is 0.268 e. The van der Waals surface area contributed by atoms with Gasteiger partial charge in [-0.2, -0.15) is 0 Å². The normalized spacial score (nSPS) is 13.6. The molecule has 10 heteroatoms. The number of carbonyl (C=O) groups excluding carboxylic acids is 1. The molecule has 1 amide bonds. The van der Waals surface area contributed by atoms with Crippen molar-refractivity contribution in [1.29, 1.82) is 0 Å². The Bertz CT molecular complexity index is 1590. The molecule has 0 fully saturated rings. The molecule has 5 rings (SSSR count). The third kappa shape index (κ3) is 5.41. The monoisotopic (exact) mass is 564 g/mol. The summed E-state index contributed by atoms with van der Waals surface area (Å²) in [5.74, 6) is 0.278. The van der Waals surface area contributed by atoms with Gasteiger partial charge in [-0.15, -0.1) is 0 Å². The van der Waals surface area contributed by atoms with E-state index >= 15 is 0 Å². The molecule has 4 aromatic rings. The molecule has 0 spiro atoms. The summed E-state index contributed by atoms with van der Waals surface area (Å²) in [7, 11) is -3.95. The highest BCUT2D eigenvalue weighted by molar-refractivity contribution is 7.99. The molecule has 7 nitrogen and oxygen atoms in total. The minimum Gasteiger partial charge on any atom is -0.325 e. The predicted octanol–water partition coefficient (Wildman–Crippen LogP) is 6.36. The van der Waals surface area contributed by atoms with Crippen LogP contribution in [-0.4, -0.2) is 30.0 Å². The van der Waals surface area contributed by atoms with Crippen LogP contribution < -0.4 is 9.62 Å². The lowest BCUT2D eigenvalue weighted by atomic mass is 10.0. The van der Waals surface area contributed by atoms with Crippen molar-refractivity contribution in [2.75, 3.05) is 15.4 Å². The maximum absolute atomic E-state index is 13.7. The number of fused-ring (bicyclic) bond motifs is 3. The second kappa shape index (κ2) is 10.8. The van der Waals surface area contributed by atoms with Gasteiger partial charge in [-0.25, -0.2) is 18.4 Å². The number of thioether (sulfide) groups is 1. The van der Waals surface area contributed by atoms with Gasteiger partial charge in [0.05, 0.1) is 29.9 Å². The number of sulfonamides is 1. The fourth-order valence-corrected chi connectivity index (χ4v) is 6.50. The second-order valence-corrected chi connectivity index (χ2v) is 12.3. The Morgan fingerprint density at radius 2 is 1.79 bits per heavy atom. The zero-order chi connectivity index (χ0) is 26.9. The first-order valence-electron chi connectivity index (χ1n) is 12.0. The molecule has 0 atom stereocenters. The van der Waals surface area contributed by atoms with E-state index in [9.17, 15) is 13.2 Å². The van der Waals surface area contributed by atoms with Gasteiger partial charge in [0, 0.05) is 16.3 Å². The quantitative estimate of drug-likeness (QED) is 0.207. The summed E-state index contributed by atoms with van der Waals surface area (Å²) in [6, 6.07) is 22.2. The summed E-state index contributed by atoms with van der Waals surface area (Å²) in [5, 5.41) is 3.60. The molecule has 38 heavy (non-hydrogen) atoms. The van der Waals surface area contributed by atoms with E-state index in [1.165, 1.54) is 16.1 Å². The van der Waals surface area contributed by atoms with Gasteiger partial charge in [-0.05, 0) is 47.4 Å². The van der Waals surface area contributed by atoms with Crippen LogP contribution in [0.25, 0.3) is 11.3 Å². The van der Waals surface area contributed by atoms with E-state index in [0.717, 1.165) is 17.3 Å². The number of rotatable bonds is 7. The molecular weight excluding hydrogens is 540 g/mol. The number of benzene rings is 3. The molecule has 0 unspecified atom stereocenters. The molecule has 0 aliphatic carbocycles. The molecule has 1 N–H and O–H groups in total. The van der Waals surface area contributed by atoms with Gasteiger partial charge in [0.25, 0.3) is 10.0 Å². The van der Waals surface area contributed by atoms with Gasteiger partial charge >= 0.3 is 0 Å². The fraction of sp³-hybridized carbons (Fsp3) is 0.179. The van der Waals surface area contributed by atoms with E-state index in [4.69, 9.17) is 11.6 Å². The van der Waals surface area contributed by atoms with Gasteiger partial charge in [0.15, 0.2) is 5.16 Å². The van der Waals surface area contributed by atoms with E-state index in [0.29, 0.717) is 38.7 Å². The van der Waals surface area contributed by atoms with E-state index < -0.39 is 10.0 Å².